The van der Waals surface area contributed by atoms with E-state index in [1.807, 2.05) is 0 Å². The number of aliphatic hydroxyl groups excluding tert-OH is 7. The first-order chi connectivity index (χ1) is 30.0. The van der Waals surface area contributed by atoms with Crippen LogP contribution >= 0.6 is 0 Å². The molecule has 0 spiro atoms. The molecule has 15 nitrogen and oxygen atoms in total. The summed E-state index contributed by atoms with van der Waals surface area (Å²) in [4.78, 5) is 25.6. The lowest BCUT2D eigenvalue weighted by atomic mass is 9.98. The van der Waals surface area contributed by atoms with E-state index >= 15 is 0 Å². The highest BCUT2D eigenvalue weighted by atomic mass is 16.7. The number of unbranched alkanes of at least 4 members (excludes halogenated alkanes) is 21. The van der Waals surface area contributed by atoms with Crippen LogP contribution in [-0.2, 0) is 38.0 Å². The van der Waals surface area contributed by atoms with Gasteiger partial charge in [0.1, 0.15) is 55.4 Å². The molecule has 2 aliphatic rings. The number of carbonyl (C=O) groups is 2. The van der Waals surface area contributed by atoms with Gasteiger partial charge in [0, 0.05) is 12.8 Å². The Labute approximate surface area is 371 Å². The van der Waals surface area contributed by atoms with Gasteiger partial charge in [-0.15, -0.1) is 0 Å². The molecular weight excluding hydrogens is 805 g/mol. The number of aliphatic hydroxyl groups is 7. The summed E-state index contributed by atoms with van der Waals surface area (Å²) in [5.41, 5.74) is 0. The SMILES string of the molecule is CCCCCCCC/C=C\CCCCCCCC(=O)OC[C@H](COC1OC(COC2OC(CO)C(O)C(O)C2O)C(O)C(O)C1O)OC(=O)CCCCCCCCCCCCC. The van der Waals surface area contributed by atoms with Crippen molar-refractivity contribution in [3.8, 4) is 0 Å². The van der Waals surface area contributed by atoms with E-state index in [-0.39, 0.29) is 26.1 Å². The molecule has 2 heterocycles. The summed E-state index contributed by atoms with van der Waals surface area (Å²) < 4.78 is 33.5. The van der Waals surface area contributed by atoms with Crippen LogP contribution in [0.15, 0.2) is 12.2 Å². The lowest BCUT2D eigenvalue weighted by molar-refractivity contribution is -0.332. The maximum absolute atomic E-state index is 12.9. The maximum atomic E-state index is 12.9. The molecule has 0 aromatic heterocycles. The summed E-state index contributed by atoms with van der Waals surface area (Å²) >= 11 is 0. The Morgan fingerprint density at radius 3 is 1.42 bits per heavy atom. The molecule has 0 amide bonds. The molecule has 15 heteroatoms. The number of allylic oxidation sites excluding steroid dienone is 2. The van der Waals surface area contributed by atoms with Crippen LogP contribution in [0, 0.1) is 0 Å². The van der Waals surface area contributed by atoms with Crippen LogP contribution in [0.3, 0.4) is 0 Å². The van der Waals surface area contributed by atoms with Crippen molar-refractivity contribution < 1.29 is 73.8 Å². The van der Waals surface area contributed by atoms with Crippen molar-refractivity contribution in [3.63, 3.8) is 0 Å². The van der Waals surface area contributed by atoms with Gasteiger partial charge in [-0.05, 0) is 38.5 Å². The van der Waals surface area contributed by atoms with Gasteiger partial charge in [-0.2, -0.15) is 0 Å². The van der Waals surface area contributed by atoms with E-state index in [2.05, 4.69) is 26.0 Å². The summed E-state index contributed by atoms with van der Waals surface area (Å²) in [7, 11) is 0. The Morgan fingerprint density at radius 1 is 0.500 bits per heavy atom. The van der Waals surface area contributed by atoms with Crippen LogP contribution in [-0.4, -0.2) is 142 Å². The van der Waals surface area contributed by atoms with Gasteiger partial charge in [0.15, 0.2) is 18.7 Å². The summed E-state index contributed by atoms with van der Waals surface area (Å²) in [6, 6.07) is 0. The van der Waals surface area contributed by atoms with Gasteiger partial charge < -0.3 is 64.2 Å². The van der Waals surface area contributed by atoms with Crippen molar-refractivity contribution in [1.82, 2.24) is 0 Å². The minimum Gasteiger partial charge on any atom is -0.462 e. The lowest BCUT2D eigenvalue weighted by Gasteiger charge is -2.42. The Kier molecular flexibility index (Phi) is 32.3. The third-order valence-corrected chi connectivity index (χ3v) is 11.7. The summed E-state index contributed by atoms with van der Waals surface area (Å²) in [5.74, 6) is -0.929. The molecule has 62 heavy (non-hydrogen) atoms. The van der Waals surface area contributed by atoms with Gasteiger partial charge in [0.2, 0.25) is 0 Å². The van der Waals surface area contributed by atoms with Crippen molar-refractivity contribution in [3.05, 3.63) is 12.2 Å². The van der Waals surface area contributed by atoms with Crippen LogP contribution in [0.1, 0.15) is 181 Å². The predicted octanol–water partition coefficient (Wildman–Crippen LogP) is 5.82. The van der Waals surface area contributed by atoms with E-state index in [1.54, 1.807) is 0 Å². The molecular formula is C47H86O15. The molecule has 10 unspecified atom stereocenters. The third-order valence-electron chi connectivity index (χ3n) is 11.7. The minimum atomic E-state index is -1.76. The molecule has 7 N–H and O–H groups in total. The van der Waals surface area contributed by atoms with Crippen molar-refractivity contribution in [2.75, 3.05) is 26.4 Å². The molecule has 2 fully saturated rings. The molecule has 2 rings (SSSR count). The second-order valence-electron chi connectivity index (χ2n) is 17.3. The fraction of sp³-hybridized carbons (Fsp3) is 0.915. The number of ether oxygens (including phenoxy) is 6. The average Bonchev–Trinajstić information content (AvgIpc) is 3.26. The molecule has 0 aromatic rings. The van der Waals surface area contributed by atoms with Crippen molar-refractivity contribution in [1.29, 1.82) is 0 Å². The zero-order chi connectivity index (χ0) is 45.4. The molecule has 0 aromatic carbocycles. The van der Waals surface area contributed by atoms with E-state index < -0.39 is 92.7 Å². The highest BCUT2D eigenvalue weighted by Gasteiger charge is 2.47. The van der Waals surface area contributed by atoms with Crippen LogP contribution in [0.4, 0.5) is 0 Å². The lowest BCUT2D eigenvalue weighted by Crippen LogP contribution is -2.61. The van der Waals surface area contributed by atoms with Gasteiger partial charge in [-0.1, -0.05) is 142 Å². The fourth-order valence-electron chi connectivity index (χ4n) is 7.68. The van der Waals surface area contributed by atoms with Gasteiger partial charge in [0.25, 0.3) is 0 Å². The quantitative estimate of drug-likeness (QED) is 0.0221. The molecule has 2 saturated heterocycles. The van der Waals surface area contributed by atoms with E-state index in [9.17, 15) is 45.3 Å². The zero-order valence-electron chi connectivity index (χ0n) is 38.1. The number of hydrogen-bond acceptors (Lipinski definition) is 15. The van der Waals surface area contributed by atoms with Gasteiger partial charge in [-0.25, -0.2) is 0 Å². The average molecular weight is 891 g/mol. The topological polar surface area (TPSA) is 231 Å². The largest absolute Gasteiger partial charge is 0.462 e. The molecule has 11 atom stereocenters. The molecule has 2 aliphatic heterocycles. The standard InChI is InChI=1S/C47H86O15/c1-3-5-7-9-11-13-15-16-17-18-20-21-23-25-27-29-38(49)57-32-35(60-39(50)30-28-26-24-22-19-14-12-10-8-6-4-2)33-58-46-45(56)43(54)41(52)37(62-46)34-59-47-44(55)42(53)40(51)36(31-48)61-47/h16-17,35-37,40-48,51-56H,3-15,18-34H2,1-2H3/b17-16-/t35-,36?,37?,40?,41?,42?,43?,44?,45?,46?,47?/m1/s1. The Hall–Kier alpha value is -1.76. The summed E-state index contributed by atoms with van der Waals surface area (Å²) in [5, 5.41) is 71.9. The van der Waals surface area contributed by atoms with Crippen molar-refractivity contribution >= 4 is 11.9 Å². The molecule has 0 radical (unpaired) electrons. The normalized spacial score (nSPS) is 27.1. The van der Waals surface area contributed by atoms with E-state index in [1.165, 1.54) is 83.5 Å². The van der Waals surface area contributed by atoms with Crippen LogP contribution in [0.5, 0.6) is 0 Å². The van der Waals surface area contributed by atoms with Crippen LogP contribution in [0.25, 0.3) is 0 Å². The van der Waals surface area contributed by atoms with E-state index in [4.69, 9.17) is 28.4 Å². The smallest absolute Gasteiger partial charge is 0.306 e. The maximum Gasteiger partial charge on any atom is 0.306 e. The van der Waals surface area contributed by atoms with Crippen molar-refractivity contribution in [2.24, 2.45) is 0 Å². The predicted molar refractivity (Wildman–Crippen MR) is 234 cm³/mol. The molecule has 0 bridgehead atoms. The van der Waals surface area contributed by atoms with E-state index in [0.29, 0.717) is 12.8 Å². The molecule has 364 valence electrons. The second-order valence-corrected chi connectivity index (χ2v) is 17.3. The van der Waals surface area contributed by atoms with Crippen molar-refractivity contribution in [2.45, 2.75) is 248 Å². The first kappa shape index (κ1) is 56.4. The summed E-state index contributed by atoms with van der Waals surface area (Å²) in [6.45, 7) is 2.56. The number of esters is 2. The van der Waals surface area contributed by atoms with Gasteiger partial charge in [-0.3, -0.25) is 9.59 Å². The Bertz CT molecular complexity index is 1140. The zero-order valence-corrected chi connectivity index (χ0v) is 38.1. The monoisotopic (exact) mass is 891 g/mol. The number of rotatable bonds is 37. The second kappa shape index (κ2) is 35.5. The molecule has 0 saturated carbocycles. The van der Waals surface area contributed by atoms with E-state index in [0.717, 1.165) is 57.8 Å². The molecule has 0 aliphatic carbocycles. The van der Waals surface area contributed by atoms with Crippen LogP contribution in [0.2, 0.25) is 0 Å². The first-order valence-electron chi connectivity index (χ1n) is 24.3. The minimum absolute atomic E-state index is 0.168. The number of hydrogen-bond donors (Lipinski definition) is 7. The Balaban J connectivity index is 1.83. The highest BCUT2D eigenvalue weighted by molar-refractivity contribution is 5.70. The first-order valence-corrected chi connectivity index (χ1v) is 24.3. The number of carbonyl (C=O) groups excluding carboxylic acids is 2. The van der Waals surface area contributed by atoms with Gasteiger partial charge >= 0.3 is 11.9 Å². The van der Waals surface area contributed by atoms with Crippen LogP contribution < -0.4 is 0 Å². The Morgan fingerprint density at radius 2 is 0.919 bits per heavy atom. The summed E-state index contributed by atoms with van der Waals surface area (Å²) in [6.07, 6.45) is 15.4. The fourth-order valence-corrected chi connectivity index (χ4v) is 7.68. The third kappa shape index (κ3) is 24.0. The highest BCUT2D eigenvalue weighted by Crippen LogP contribution is 2.26. The van der Waals surface area contributed by atoms with Gasteiger partial charge in [0.05, 0.1) is 19.8 Å².